The van der Waals surface area contributed by atoms with E-state index in [0.717, 1.165) is 30.3 Å². The molecule has 2 aromatic heterocycles. The Morgan fingerprint density at radius 1 is 1.52 bits per heavy atom. The van der Waals surface area contributed by atoms with Crippen LogP contribution in [0.5, 0.6) is 0 Å². The fourth-order valence-corrected chi connectivity index (χ4v) is 3.51. The molecule has 3 heterocycles. The van der Waals surface area contributed by atoms with Gasteiger partial charge in [-0.25, -0.2) is 4.98 Å². The number of H-pyrrole nitrogens is 1. The second-order valence-electron chi connectivity index (χ2n) is 5.21. The van der Waals surface area contributed by atoms with E-state index in [1.165, 1.54) is 0 Å². The highest BCUT2D eigenvalue weighted by Gasteiger charge is 2.31. The second kappa shape index (κ2) is 6.41. The number of aromatic amines is 1. The third-order valence-corrected chi connectivity index (χ3v) is 4.87. The molecule has 1 saturated heterocycles. The molecule has 21 heavy (non-hydrogen) atoms. The van der Waals surface area contributed by atoms with Gasteiger partial charge < -0.3 is 9.88 Å². The van der Waals surface area contributed by atoms with Crippen molar-refractivity contribution in [1.29, 1.82) is 0 Å². The highest BCUT2D eigenvalue weighted by Crippen LogP contribution is 2.23. The van der Waals surface area contributed by atoms with E-state index in [9.17, 15) is 4.79 Å². The molecule has 1 amide bonds. The summed E-state index contributed by atoms with van der Waals surface area (Å²) in [5, 5.41) is 2.02. The molecule has 0 saturated carbocycles. The number of piperazine rings is 1. The van der Waals surface area contributed by atoms with Gasteiger partial charge in [0.1, 0.15) is 5.82 Å². The lowest BCUT2D eigenvalue weighted by atomic mass is 10.1. The van der Waals surface area contributed by atoms with Crippen LogP contribution < -0.4 is 0 Å². The summed E-state index contributed by atoms with van der Waals surface area (Å²) in [6, 6.07) is 4.19. The van der Waals surface area contributed by atoms with Gasteiger partial charge in [-0.15, -0.1) is 11.3 Å². The Hall–Kier alpha value is -1.66. The predicted octanol–water partition coefficient (Wildman–Crippen LogP) is 1.92. The number of nitrogens with zero attached hydrogens (tertiary/aromatic N) is 3. The van der Waals surface area contributed by atoms with Gasteiger partial charge in [0.15, 0.2) is 0 Å². The van der Waals surface area contributed by atoms with Crippen molar-refractivity contribution in [3.05, 3.63) is 40.6 Å². The van der Waals surface area contributed by atoms with Crippen LogP contribution in [0.4, 0.5) is 0 Å². The van der Waals surface area contributed by atoms with Crippen LogP contribution in [0.1, 0.15) is 23.7 Å². The Morgan fingerprint density at radius 2 is 2.43 bits per heavy atom. The Morgan fingerprint density at radius 3 is 3.10 bits per heavy atom. The van der Waals surface area contributed by atoms with Gasteiger partial charge in [0.05, 0.1) is 12.5 Å². The number of aromatic nitrogens is 2. The summed E-state index contributed by atoms with van der Waals surface area (Å²) in [5.41, 5.74) is 0. The smallest absolute Gasteiger partial charge is 0.227 e. The van der Waals surface area contributed by atoms with Crippen molar-refractivity contribution in [2.75, 3.05) is 26.2 Å². The fourth-order valence-electron chi connectivity index (χ4n) is 2.82. The van der Waals surface area contributed by atoms with E-state index < -0.39 is 0 Å². The molecule has 0 radical (unpaired) electrons. The van der Waals surface area contributed by atoms with Crippen molar-refractivity contribution in [2.24, 2.45) is 0 Å². The average molecular weight is 304 g/mol. The number of hydrogen-bond acceptors (Lipinski definition) is 4. The van der Waals surface area contributed by atoms with Crippen LogP contribution in [-0.2, 0) is 11.2 Å². The van der Waals surface area contributed by atoms with Gasteiger partial charge in [0.2, 0.25) is 5.91 Å². The van der Waals surface area contributed by atoms with Crippen LogP contribution in [0, 0.1) is 0 Å². The first kappa shape index (κ1) is 14.3. The van der Waals surface area contributed by atoms with Gasteiger partial charge in [-0.3, -0.25) is 9.69 Å². The molecule has 3 rings (SSSR count). The largest absolute Gasteiger partial charge is 0.347 e. The number of amides is 1. The molecule has 5 nitrogen and oxygen atoms in total. The lowest BCUT2D eigenvalue weighted by Crippen LogP contribution is -2.51. The molecule has 1 aliphatic heterocycles. The van der Waals surface area contributed by atoms with Crippen molar-refractivity contribution in [3.8, 4) is 0 Å². The zero-order chi connectivity index (χ0) is 14.7. The minimum Gasteiger partial charge on any atom is -0.347 e. The van der Waals surface area contributed by atoms with Crippen LogP contribution in [0.3, 0.4) is 0 Å². The van der Waals surface area contributed by atoms with Crippen LogP contribution in [-0.4, -0.2) is 51.9 Å². The third-order valence-electron chi connectivity index (χ3n) is 3.99. The molecule has 1 aliphatic rings. The van der Waals surface area contributed by atoms with E-state index in [1.807, 2.05) is 28.6 Å². The van der Waals surface area contributed by atoms with E-state index in [0.29, 0.717) is 13.0 Å². The van der Waals surface area contributed by atoms with Gasteiger partial charge in [0.25, 0.3) is 0 Å². The third kappa shape index (κ3) is 3.16. The molecule has 112 valence electrons. The van der Waals surface area contributed by atoms with E-state index in [4.69, 9.17) is 0 Å². The topological polar surface area (TPSA) is 52.2 Å². The van der Waals surface area contributed by atoms with E-state index in [2.05, 4.69) is 21.8 Å². The number of thiophene rings is 1. The highest BCUT2D eigenvalue weighted by molar-refractivity contribution is 7.10. The summed E-state index contributed by atoms with van der Waals surface area (Å²) in [7, 11) is 0. The lowest BCUT2D eigenvalue weighted by molar-refractivity contribution is -0.133. The lowest BCUT2D eigenvalue weighted by Gasteiger charge is -2.40. The van der Waals surface area contributed by atoms with Crippen molar-refractivity contribution < 1.29 is 4.79 Å². The number of likely N-dealkylation sites (N-methyl/N-ethyl adjacent to an activating group) is 1. The number of rotatable bonds is 4. The van der Waals surface area contributed by atoms with E-state index >= 15 is 0 Å². The first-order valence-corrected chi connectivity index (χ1v) is 8.19. The van der Waals surface area contributed by atoms with Crippen molar-refractivity contribution in [2.45, 2.75) is 19.4 Å². The minimum absolute atomic E-state index is 0.172. The maximum absolute atomic E-state index is 12.5. The zero-order valence-corrected chi connectivity index (χ0v) is 13.0. The molecule has 0 aliphatic carbocycles. The molecule has 0 spiro atoms. The van der Waals surface area contributed by atoms with Crippen molar-refractivity contribution >= 4 is 17.2 Å². The summed E-state index contributed by atoms with van der Waals surface area (Å²) in [6.45, 7) is 5.54. The molecule has 1 atom stereocenters. The Balaban J connectivity index is 1.69. The van der Waals surface area contributed by atoms with Crippen LogP contribution in [0.2, 0.25) is 0 Å². The Bertz CT molecular complexity index is 567. The Kier molecular flexibility index (Phi) is 4.36. The quantitative estimate of drug-likeness (QED) is 0.939. The number of nitrogens with one attached hydrogen (secondary N) is 1. The molecule has 0 aromatic carbocycles. The molecule has 1 fully saturated rings. The first-order chi connectivity index (χ1) is 10.3. The fraction of sp³-hybridized carbons (Fsp3) is 0.467. The van der Waals surface area contributed by atoms with E-state index in [1.54, 1.807) is 17.5 Å². The summed E-state index contributed by atoms with van der Waals surface area (Å²) >= 11 is 1.64. The predicted molar refractivity (Wildman–Crippen MR) is 83.2 cm³/mol. The minimum atomic E-state index is 0.172. The molecular formula is C15H20N4OS. The van der Waals surface area contributed by atoms with Crippen LogP contribution >= 0.6 is 11.3 Å². The summed E-state index contributed by atoms with van der Waals surface area (Å²) < 4.78 is 0. The SMILES string of the molecule is CCN1CCN(C(=O)Cc2cccs2)C[C@@H]1c1ncc[nH]1. The molecule has 0 bridgehead atoms. The molecular weight excluding hydrogens is 284 g/mol. The number of imidazole rings is 1. The Labute approximate surface area is 128 Å². The van der Waals surface area contributed by atoms with Crippen molar-refractivity contribution in [1.82, 2.24) is 19.8 Å². The second-order valence-corrected chi connectivity index (χ2v) is 6.25. The summed E-state index contributed by atoms with van der Waals surface area (Å²) in [4.78, 5) is 25.5. The van der Waals surface area contributed by atoms with Gasteiger partial charge in [-0.1, -0.05) is 13.0 Å². The van der Waals surface area contributed by atoms with Crippen LogP contribution in [0.25, 0.3) is 0 Å². The number of carbonyl (C=O) groups excluding carboxylic acids is 1. The molecule has 6 heteroatoms. The zero-order valence-electron chi connectivity index (χ0n) is 12.2. The normalized spacial score (nSPS) is 19.9. The first-order valence-electron chi connectivity index (χ1n) is 7.31. The highest BCUT2D eigenvalue weighted by atomic mass is 32.1. The van der Waals surface area contributed by atoms with E-state index in [-0.39, 0.29) is 11.9 Å². The van der Waals surface area contributed by atoms with Gasteiger partial charge in [-0.2, -0.15) is 0 Å². The monoisotopic (exact) mass is 304 g/mol. The van der Waals surface area contributed by atoms with Crippen molar-refractivity contribution in [3.63, 3.8) is 0 Å². The van der Waals surface area contributed by atoms with Gasteiger partial charge in [0, 0.05) is 36.9 Å². The average Bonchev–Trinajstić information content (AvgIpc) is 3.19. The van der Waals surface area contributed by atoms with Gasteiger partial charge >= 0.3 is 0 Å². The van der Waals surface area contributed by atoms with Gasteiger partial charge in [-0.05, 0) is 18.0 Å². The number of carbonyl (C=O) groups is 1. The summed E-state index contributed by atoms with van der Waals surface area (Å²) in [6.07, 6.45) is 4.12. The molecule has 2 aromatic rings. The molecule has 1 N–H and O–H groups in total. The number of hydrogen-bond donors (Lipinski definition) is 1. The maximum atomic E-state index is 12.5. The van der Waals surface area contributed by atoms with Crippen LogP contribution in [0.15, 0.2) is 29.9 Å². The molecule has 0 unspecified atom stereocenters. The summed E-state index contributed by atoms with van der Waals surface area (Å²) in [5.74, 6) is 1.16. The standard InChI is InChI=1S/C15H20N4OS/c1-2-18-7-8-19(11-13(18)15-16-5-6-17-15)14(20)10-12-4-3-9-21-12/h3-6,9,13H,2,7-8,10-11H2,1H3,(H,16,17)/t13-/m1/s1. The maximum Gasteiger partial charge on any atom is 0.227 e.